The molecule has 2 saturated heterocycles. The highest BCUT2D eigenvalue weighted by atomic mass is 16.5. The van der Waals surface area contributed by atoms with E-state index in [1.54, 1.807) is 6.20 Å². The fourth-order valence-corrected chi connectivity index (χ4v) is 3.59. The molecule has 24 heavy (non-hydrogen) atoms. The van der Waals surface area contributed by atoms with Crippen LogP contribution < -0.4 is 5.32 Å². The molecule has 0 saturated carbocycles. The molecule has 0 aliphatic carbocycles. The van der Waals surface area contributed by atoms with Crippen LogP contribution in [0.3, 0.4) is 0 Å². The fraction of sp³-hybridized carbons (Fsp3) is 0.667. The van der Waals surface area contributed by atoms with Crippen LogP contribution in [0.25, 0.3) is 0 Å². The lowest BCUT2D eigenvalue weighted by Crippen LogP contribution is -2.46. The summed E-state index contributed by atoms with van der Waals surface area (Å²) in [5.74, 6) is 0.951. The molecule has 6 nitrogen and oxygen atoms in total. The Morgan fingerprint density at radius 3 is 3.21 bits per heavy atom. The second-order valence-corrected chi connectivity index (χ2v) is 6.61. The molecular weight excluding hydrogens is 306 g/mol. The Labute approximate surface area is 143 Å². The third kappa shape index (κ3) is 4.24. The molecular formula is C18H27N3O3. The number of carbonyl (C=O) groups is 1. The highest BCUT2D eigenvalue weighted by molar-refractivity contribution is 5.77. The van der Waals surface area contributed by atoms with Crippen molar-refractivity contribution in [1.82, 2.24) is 9.88 Å². The first-order valence-electron chi connectivity index (χ1n) is 8.89. The topological polar surface area (TPSA) is 63.7 Å². The van der Waals surface area contributed by atoms with Gasteiger partial charge in [0.2, 0.25) is 5.91 Å². The molecule has 1 spiro atoms. The normalized spacial score (nSPS) is 26.7. The lowest BCUT2D eigenvalue weighted by Gasteiger charge is -2.38. The van der Waals surface area contributed by atoms with E-state index in [0.29, 0.717) is 13.2 Å². The van der Waals surface area contributed by atoms with Gasteiger partial charge in [-0.15, -0.1) is 0 Å². The maximum absolute atomic E-state index is 12.1. The van der Waals surface area contributed by atoms with Crippen LogP contribution in [0.4, 0.5) is 5.82 Å². The number of aromatic nitrogens is 1. The van der Waals surface area contributed by atoms with Crippen LogP contribution in [-0.2, 0) is 14.3 Å². The van der Waals surface area contributed by atoms with Crippen LogP contribution in [0.1, 0.15) is 32.6 Å². The van der Waals surface area contributed by atoms with Gasteiger partial charge in [0.1, 0.15) is 12.4 Å². The predicted octanol–water partition coefficient (Wildman–Crippen LogP) is 2.07. The number of anilines is 1. The zero-order valence-corrected chi connectivity index (χ0v) is 14.4. The van der Waals surface area contributed by atoms with Gasteiger partial charge in [0.25, 0.3) is 0 Å². The van der Waals surface area contributed by atoms with Crippen LogP contribution in [0.15, 0.2) is 24.4 Å². The van der Waals surface area contributed by atoms with Crippen molar-refractivity contribution in [3.05, 3.63) is 24.4 Å². The number of nitrogens with one attached hydrogen (secondary N) is 1. The first-order chi connectivity index (χ1) is 11.7. The molecule has 132 valence electrons. The Hall–Kier alpha value is -1.66. The van der Waals surface area contributed by atoms with Gasteiger partial charge in [-0.1, -0.05) is 6.07 Å². The summed E-state index contributed by atoms with van der Waals surface area (Å²) in [6.45, 7) is 4.87. The van der Waals surface area contributed by atoms with E-state index in [1.165, 1.54) is 0 Å². The zero-order valence-electron chi connectivity index (χ0n) is 14.4. The van der Waals surface area contributed by atoms with Gasteiger partial charge >= 0.3 is 0 Å². The van der Waals surface area contributed by atoms with Gasteiger partial charge in [-0.2, -0.15) is 0 Å². The van der Waals surface area contributed by atoms with Gasteiger partial charge in [-0.05, 0) is 44.7 Å². The first kappa shape index (κ1) is 17.2. The standard InChI is InChI=1S/C18H27N3O3/c1-2-23-13-17(22)21-11-9-18(14-21)8-5-6-15(24-18)12-20-16-7-3-4-10-19-16/h3-4,7,10,15H,2,5-6,8-9,11-14H2,1H3,(H,19,20)/t15-,18-/m1/s1. The summed E-state index contributed by atoms with van der Waals surface area (Å²) in [4.78, 5) is 18.3. The van der Waals surface area contributed by atoms with Crippen LogP contribution in [0.2, 0.25) is 0 Å². The maximum atomic E-state index is 12.1. The van der Waals surface area contributed by atoms with E-state index in [0.717, 1.165) is 44.6 Å². The van der Waals surface area contributed by atoms with E-state index < -0.39 is 0 Å². The number of carbonyl (C=O) groups excluding carboxylic acids is 1. The average Bonchev–Trinajstić information content (AvgIpc) is 3.02. The zero-order chi connectivity index (χ0) is 16.8. The molecule has 0 radical (unpaired) electrons. The molecule has 2 aliphatic rings. The van der Waals surface area contributed by atoms with Gasteiger partial charge < -0.3 is 19.7 Å². The van der Waals surface area contributed by atoms with E-state index >= 15 is 0 Å². The van der Waals surface area contributed by atoms with E-state index in [1.807, 2.05) is 30.0 Å². The number of rotatable bonds is 6. The minimum atomic E-state index is -0.170. The highest BCUT2D eigenvalue weighted by Gasteiger charge is 2.44. The Morgan fingerprint density at radius 2 is 2.42 bits per heavy atom. The molecule has 3 heterocycles. The SMILES string of the molecule is CCOCC(=O)N1CC[C@]2(CCC[C@H](CNc3ccccn3)O2)C1. The molecule has 1 aromatic rings. The van der Waals surface area contributed by atoms with Crippen molar-refractivity contribution in [1.29, 1.82) is 0 Å². The molecule has 1 N–H and O–H groups in total. The number of hydrogen-bond donors (Lipinski definition) is 1. The summed E-state index contributed by atoms with van der Waals surface area (Å²) < 4.78 is 11.7. The quantitative estimate of drug-likeness (QED) is 0.863. The molecule has 0 unspecified atom stereocenters. The molecule has 1 amide bonds. The lowest BCUT2D eigenvalue weighted by atomic mass is 9.90. The minimum Gasteiger partial charge on any atom is -0.372 e. The third-order valence-electron chi connectivity index (χ3n) is 4.85. The molecule has 0 bridgehead atoms. The van der Waals surface area contributed by atoms with Crippen LogP contribution in [-0.4, -0.2) is 60.3 Å². The van der Waals surface area contributed by atoms with Crippen molar-refractivity contribution in [2.45, 2.75) is 44.3 Å². The highest BCUT2D eigenvalue weighted by Crippen LogP contribution is 2.36. The van der Waals surface area contributed by atoms with Gasteiger partial charge in [0.05, 0.1) is 11.7 Å². The molecule has 2 fully saturated rings. The number of pyridine rings is 1. The second-order valence-electron chi connectivity index (χ2n) is 6.61. The summed E-state index contributed by atoms with van der Waals surface area (Å²) in [6, 6.07) is 5.84. The van der Waals surface area contributed by atoms with Crippen molar-refractivity contribution < 1.29 is 14.3 Å². The molecule has 6 heteroatoms. The molecule has 3 rings (SSSR count). The number of amides is 1. The minimum absolute atomic E-state index is 0.0751. The van der Waals surface area contributed by atoms with Crippen molar-refractivity contribution in [3.8, 4) is 0 Å². The summed E-state index contributed by atoms with van der Waals surface area (Å²) in [7, 11) is 0. The van der Waals surface area contributed by atoms with Gasteiger partial charge in [-0.3, -0.25) is 4.79 Å². The van der Waals surface area contributed by atoms with Gasteiger partial charge in [-0.25, -0.2) is 4.98 Å². The van der Waals surface area contributed by atoms with Crippen LogP contribution >= 0.6 is 0 Å². The van der Waals surface area contributed by atoms with Crippen molar-refractivity contribution in [2.24, 2.45) is 0 Å². The van der Waals surface area contributed by atoms with E-state index in [4.69, 9.17) is 9.47 Å². The van der Waals surface area contributed by atoms with Gasteiger partial charge in [0, 0.05) is 32.4 Å². The fourth-order valence-electron chi connectivity index (χ4n) is 3.59. The van der Waals surface area contributed by atoms with Crippen molar-refractivity contribution >= 4 is 11.7 Å². The summed E-state index contributed by atoms with van der Waals surface area (Å²) >= 11 is 0. The third-order valence-corrected chi connectivity index (χ3v) is 4.85. The van der Waals surface area contributed by atoms with Crippen molar-refractivity contribution in [2.75, 3.05) is 38.2 Å². The smallest absolute Gasteiger partial charge is 0.248 e. The molecule has 2 aliphatic heterocycles. The van der Waals surface area contributed by atoms with Crippen LogP contribution in [0, 0.1) is 0 Å². The lowest BCUT2D eigenvalue weighted by molar-refractivity contribution is -0.140. The number of nitrogens with zero attached hydrogens (tertiary/aromatic N) is 2. The summed E-state index contributed by atoms with van der Waals surface area (Å²) in [5, 5.41) is 3.35. The average molecular weight is 333 g/mol. The Morgan fingerprint density at radius 1 is 1.50 bits per heavy atom. The molecule has 1 aromatic heterocycles. The maximum Gasteiger partial charge on any atom is 0.248 e. The molecule has 0 aromatic carbocycles. The Balaban J connectivity index is 1.51. The summed E-state index contributed by atoms with van der Waals surface area (Å²) in [6.07, 6.45) is 6.10. The molecule has 2 atom stereocenters. The van der Waals surface area contributed by atoms with E-state index in [-0.39, 0.29) is 24.2 Å². The van der Waals surface area contributed by atoms with E-state index in [9.17, 15) is 4.79 Å². The number of hydrogen-bond acceptors (Lipinski definition) is 5. The van der Waals surface area contributed by atoms with Crippen LogP contribution in [0.5, 0.6) is 0 Å². The Bertz CT molecular complexity index is 540. The summed E-state index contributed by atoms with van der Waals surface area (Å²) in [5.41, 5.74) is -0.170. The predicted molar refractivity (Wildman–Crippen MR) is 91.9 cm³/mol. The van der Waals surface area contributed by atoms with Crippen molar-refractivity contribution in [3.63, 3.8) is 0 Å². The largest absolute Gasteiger partial charge is 0.372 e. The van der Waals surface area contributed by atoms with Gasteiger partial charge in [0.15, 0.2) is 0 Å². The monoisotopic (exact) mass is 333 g/mol. The number of ether oxygens (including phenoxy) is 2. The Kier molecular flexibility index (Phi) is 5.68. The second kappa shape index (κ2) is 7.94. The number of likely N-dealkylation sites (tertiary alicyclic amines) is 1. The van der Waals surface area contributed by atoms with E-state index in [2.05, 4.69) is 10.3 Å². The first-order valence-corrected chi connectivity index (χ1v) is 8.89.